The molecule has 3 aromatic rings. The highest BCUT2D eigenvalue weighted by Crippen LogP contribution is 2.15. The zero-order valence-corrected chi connectivity index (χ0v) is 11.8. The summed E-state index contributed by atoms with van der Waals surface area (Å²) in [6, 6.07) is 16.1. The van der Waals surface area contributed by atoms with E-state index in [0.29, 0.717) is 5.56 Å². The number of hydrogen-bond acceptors (Lipinski definition) is 3. The van der Waals surface area contributed by atoms with Gasteiger partial charge in [0, 0.05) is 24.3 Å². The molecule has 0 bridgehead atoms. The van der Waals surface area contributed by atoms with Crippen LogP contribution in [0.4, 0.5) is 0 Å². The van der Waals surface area contributed by atoms with Crippen molar-refractivity contribution in [3.63, 3.8) is 0 Å². The maximum Gasteiger partial charge on any atom is 0.0991 e. The van der Waals surface area contributed by atoms with Gasteiger partial charge in [-0.1, -0.05) is 18.2 Å². The third-order valence-electron chi connectivity index (χ3n) is 3.64. The van der Waals surface area contributed by atoms with Gasteiger partial charge in [0.25, 0.3) is 0 Å². The molecule has 3 rings (SSSR count). The molecule has 0 amide bonds. The largest absolute Gasteiger partial charge is 0.306 e. The minimum Gasteiger partial charge on any atom is -0.306 e. The van der Waals surface area contributed by atoms with E-state index in [1.807, 2.05) is 53.3 Å². The van der Waals surface area contributed by atoms with Crippen LogP contribution in [-0.4, -0.2) is 9.61 Å². The van der Waals surface area contributed by atoms with E-state index in [-0.39, 0.29) is 6.04 Å². The van der Waals surface area contributed by atoms with Gasteiger partial charge in [0.05, 0.1) is 23.3 Å². The molecule has 0 aliphatic carbocycles. The lowest BCUT2D eigenvalue weighted by Gasteiger charge is -2.13. The van der Waals surface area contributed by atoms with Gasteiger partial charge < -0.3 is 5.32 Å². The number of rotatable bonds is 4. The maximum atomic E-state index is 8.82. The van der Waals surface area contributed by atoms with Crippen LogP contribution in [0.5, 0.6) is 0 Å². The summed E-state index contributed by atoms with van der Waals surface area (Å²) in [7, 11) is 0. The standard InChI is InChI=1S/C17H16N4/c1-13(15-7-5-14(10-18)6-8-15)19-11-16-12-20-21-9-3-2-4-17(16)21/h2-9,12-13,19H,11H2,1H3. The predicted molar refractivity (Wildman–Crippen MR) is 81.6 cm³/mol. The second-order valence-corrected chi connectivity index (χ2v) is 5.04. The van der Waals surface area contributed by atoms with E-state index in [9.17, 15) is 0 Å². The summed E-state index contributed by atoms with van der Waals surface area (Å²) in [5, 5.41) is 16.6. The van der Waals surface area contributed by atoms with Crippen LogP contribution in [0.25, 0.3) is 5.52 Å². The zero-order chi connectivity index (χ0) is 14.7. The molecule has 1 atom stereocenters. The summed E-state index contributed by atoms with van der Waals surface area (Å²) < 4.78 is 1.88. The number of nitriles is 1. The lowest BCUT2D eigenvalue weighted by atomic mass is 10.1. The summed E-state index contributed by atoms with van der Waals surface area (Å²) in [5.74, 6) is 0. The van der Waals surface area contributed by atoms with Crippen molar-refractivity contribution in [1.82, 2.24) is 14.9 Å². The Labute approximate surface area is 123 Å². The van der Waals surface area contributed by atoms with Crippen LogP contribution in [-0.2, 0) is 6.54 Å². The third-order valence-corrected chi connectivity index (χ3v) is 3.64. The molecule has 2 aromatic heterocycles. The van der Waals surface area contributed by atoms with Crippen LogP contribution >= 0.6 is 0 Å². The zero-order valence-electron chi connectivity index (χ0n) is 11.8. The van der Waals surface area contributed by atoms with Gasteiger partial charge in [-0.05, 0) is 36.8 Å². The van der Waals surface area contributed by atoms with Gasteiger partial charge in [0.2, 0.25) is 0 Å². The van der Waals surface area contributed by atoms with Crippen LogP contribution in [0.1, 0.15) is 29.7 Å². The van der Waals surface area contributed by atoms with Crippen molar-refractivity contribution in [3.05, 3.63) is 71.5 Å². The molecule has 1 aromatic carbocycles. The fraction of sp³-hybridized carbons (Fsp3) is 0.176. The van der Waals surface area contributed by atoms with Gasteiger partial charge in [-0.15, -0.1) is 0 Å². The summed E-state index contributed by atoms with van der Waals surface area (Å²) >= 11 is 0. The molecule has 1 N–H and O–H groups in total. The van der Waals surface area contributed by atoms with Crippen molar-refractivity contribution in [2.24, 2.45) is 0 Å². The first-order valence-corrected chi connectivity index (χ1v) is 6.92. The van der Waals surface area contributed by atoms with Gasteiger partial charge in [-0.25, -0.2) is 4.52 Å². The normalized spacial score (nSPS) is 12.2. The molecule has 2 heterocycles. The molecule has 0 aliphatic heterocycles. The number of nitrogens with zero attached hydrogens (tertiary/aromatic N) is 3. The Balaban J connectivity index is 1.70. The average molecular weight is 276 g/mol. The molecule has 0 saturated carbocycles. The van der Waals surface area contributed by atoms with E-state index in [0.717, 1.165) is 12.1 Å². The monoisotopic (exact) mass is 276 g/mol. The Kier molecular flexibility index (Phi) is 3.67. The molecular formula is C17H16N4. The lowest BCUT2D eigenvalue weighted by molar-refractivity contribution is 0.576. The van der Waals surface area contributed by atoms with E-state index in [1.54, 1.807) is 0 Å². The number of hydrogen-bond donors (Lipinski definition) is 1. The molecule has 4 nitrogen and oxygen atoms in total. The van der Waals surface area contributed by atoms with Gasteiger partial charge in [0.15, 0.2) is 0 Å². The third kappa shape index (κ3) is 2.78. The first kappa shape index (κ1) is 13.3. The van der Waals surface area contributed by atoms with Crippen LogP contribution in [0.2, 0.25) is 0 Å². The van der Waals surface area contributed by atoms with Crippen molar-refractivity contribution in [2.45, 2.75) is 19.5 Å². The number of pyridine rings is 1. The second kappa shape index (κ2) is 5.78. The Morgan fingerprint density at radius 2 is 2.05 bits per heavy atom. The molecule has 4 heteroatoms. The van der Waals surface area contributed by atoms with Crippen molar-refractivity contribution in [3.8, 4) is 6.07 Å². The first-order valence-electron chi connectivity index (χ1n) is 6.92. The smallest absolute Gasteiger partial charge is 0.0991 e. The predicted octanol–water partition coefficient (Wildman–Crippen LogP) is 3.06. The Bertz CT molecular complexity index is 780. The quantitative estimate of drug-likeness (QED) is 0.796. The van der Waals surface area contributed by atoms with Crippen LogP contribution < -0.4 is 5.32 Å². The van der Waals surface area contributed by atoms with Crippen molar-refractivity contribution < 1.29 is 0 Å². The number of benzene rings is 1. The highest BCUT2D eigenvalue weighted by atomic mass is 15.2. The van der Waals surface area contributed by atoms with Crippen molar-refractivity contribution >= 4 is 5.52 Å². The highest BCUT2D eigenvalue weighted by Gasteiger charge is 2.07. The second-order valence-electron chi connectivity index (χ2n) is 5.04. The molecule has 0 fully saturated rings. The summed E-state index contributed by atoms with van der Waals surface area (Å²) in [4.78, 5) is 0. The minimum absolute atomic E-state index is 0.219. The number of aromatic nitrogens is 2. The average Bonchev–Trinajstić information content (AvgIpc) is 2.96. The Hall–Kier alpha value is -2.64. The maximum absolute atomic E-state index is 8.82. The van der Waals surface area contributed by atoms with Gasteiger partial charge >= 0.3 is 0 Å². The molecule has 104 valence electrons. The van der Waals surface area contributed by atoms with E-state index in [2.05, 4.69) is 29.5 Å². The van der Waals surface area contributed by atoms with Gasteiger partial charge in [0.1, 0.15) is 0 Å². The van der Waals surface area contributed by atoms with Crippen LogP contribution in [0.15, 0.2) is 54.9 Å². The van der Waals surface area contributed by atoms with E-state index in [4.69, 9.17) is 5.26 Å². The summed E-state index contributed by atoms with van der Waals surface area (Å²) in [5.41, 5.74) is 4.16. The molecule has 0 spiro atoms. The molecule has 1 unspecified atom stereocenters. The number of nitrogens with one attached hydrogen (secondary N) is 1. The van der Waals surface area contributed by atoms with Crippen LogP contribution in [0, 0.1) is 11.3 Å². The van der Waals surface area contributed by atoms with E-state index >= 15 is 0 Å². The number of fused-ring (bicyclic) bond motifs is 1. The van der Waals surface area contributed by atoms with Crippen LogP contribution in [0.3, 0.4) is 0 Å². The molecule has 0 radical (unpaired) electrons. The van der Waals surface area contributed by atoms with E-state index in [1.165, 1.54) is 11.1 Å². The summed E-state index contributed by atoms with van der Waals surface area (Å²) in [6.45, 7) is 2.88. The highest BCUT2D eigenvalue weighted by molar-refractivity contribution is 5.53. The molecule has 0 saturated heterocycles. The fourth-order valence-electron chi connectivity index (χ4n) is 2.35. The van der Waals surface area contributed by atoms with E-state index < -0.39 is 0 Å². The molecule has 0 aliphatic rings. The summed E-state index contributed by atoms with van der Waals surface area (Å²) in [6.07, 6.45) is 3.84. The Morgan fingerprint density at radius 3 is 2.81 bits per heavy atom. The molecular weight excluding hydrogens is 260 g/mol. The van der Waals surface area contributed by atoms with Gasteiger partial charge in [-0.2, -0.15) is 10.4 Å². The molecule has 21 heavy (non-hydrogen) atoms. The first-order chi connectivity index (χ1) is 10.3. The minimum atomic E-state index is 0.219. The Morgan fingerprint density at radius 1 is 1.24 bits per heavy atom. The lowest BCUT2D eigenvalue weighted by Crippen LogP contribution is -2.17. The van der Waals surface area contributed by atoms with Crippen molar-refractivity contribution in [1.29, 1.82) is 5.26 Å². The topological polar surface area (TPSA) is 53.1 Å². The SMILES string of the molecule is CC(NCc1cnn2ccccc12)c1ccc(C#N)cc1. The van der Waals surface area contributed by atoms with Gasteiger partial charge in [-0.3, -0.25) is 0 Å². The fourth-order valence-corrected chi connectivity index (χ4v) is 2.35. The van der Waals surface area contributed by atoms with Crippen molar-refractivity contribution in [2.75, 3.05) is 0 Å².